The quantitative estimate of drug-likeness (QED) is 0.658. The highest BCUT2D eigenvalue weighted by Crippen LogP contribution is 2.20. The Morgan fingerprint density at radius 1 is 1.00 bits per heavy atom. The van der Waals surface area contributed by atoms with Gasteiger partial charge in [0.25, 0.3) is 0 Å². The Morgan fingerprint density at radius 3 is 2.39 bits per heavy atom. The van der Waals surface area contributed by atoms with Gasteiger partial charge in [0, 0.05) is 17.3 Å². The fraction of sp³-hybridized carbons (Fsp3) is 0.0714. The van der Waals surface area contributed by atoms with Gasteiger partial charge < -0.3 is 5.11 Å². The van der Waals surface area contributed by atoms with Crippen LogP contribution < -0.4 is 0 Å². The van der Waals surface area contributed by atoms with E-state index >= 15 is 0 Å². The molecule has 4 nitrogen and oxygen atoms in total. The minimum atomic E-state index is -0.0684. The highest BCUT2D eigenvalue weighted by Gasteiger charge is 2.00. The van der Waals surface area contributed by atoms with Crippen LogP contribution in [0, 0.1) is 4.91 Å². The highest BCUT2D eigenvalue weighted by molar-refractivity contribution is 5.88. The van der Waals surface area contributed by atoms with Gasteiger partial charge in [-0.15, -0.1) is 4.91 Å². The molecule has 0 spiro atoms. The molecular weight excluding hydrogens is 228 g/mol. The largest absolute Gasteiger partial charge is 0.392 e. The summed E-state index contributed by atoms with van der Waals surface area (Å²) in [7, 11) is 0. The minimum absolute atomic E-state index is 0.0684. The molecule has 0 aromatic heterocycles. The maximum Gasteiger partial charge on any atom is 0.116 e. The van der Waals surface area contributed by atoms with E-state index in [0.717, 1.165) is 5.56 Å². The van der Waals surface area contributed by atoms with Gasteiger partial charge in [-0.25, -0.2) is 0 Å². The molecule has 0 bridgehead atoms. The summed E-state index contributed by atoms with van der Waals surface area (Å²) in [5, 5.41) is 12.1. The van der Waals surface area contributed by atoms with Crippen molar-refractivity contribution in [2.75, 3.05) is 0 Å². The van der Waals surface area contributed by atoms with Gasteiger partial charge in [0.1, 0.15) is 5.69 Å². The Bertz CT molecular complexity index is 580. The second kappa shape index (κ2) is 5.84. The molecule has 2 aromatic carbocycles. The van der Waals surface area contributed by atoms with Crippen molar-refractivity contribution in [3.63, 3.8) is 0 Å². The van der Waals surface area contributed by atoms with Gasteiger partial charge in [0.05, 0.1) is 12.3 Å². The molecule has 0 amide bonds. The first-order valence-corrected chi connectivity index (χ1v) is 5.50. The van der Waals surface area contributed by atoms with Crippen LogP contribution in [0.5, 0.6) is 0 Å². The van der Waals surface area contributed by atoms with Crippen LogP contribution in [0.1, 0.15) is 11.1 Å². The van der Waals surface area contributed by atoms with Crippen LogP contribution in [0.2, 0.25) is 0 Å². The van der Waals surface area contributed by atoms with E-state index in [1.54, 1.807) is 36.5 Å². The third-order valence-corrected chi connectivity index (χ3v) is 2.54. The van der Waals surface area contributed by atoms with Crippen LogP contribution in [0.4, 0.5) is 11.4 Å². The van der Waals surface area contributed by atoms with E-state index in [4.69, 9.17) is 0 Å². The third-order valence-electron chi connectivity index (χ3n) is 2.54. The van der Waals surface area contributed by atoms with Gasteiger partial charge in [-0.2, -0.15) is 0 Å². The summed E-state index contributed by atoms with van der Waals surface area (Å²) in [6.07, 6.45) is 1.57. The first kappa shape index (κ1) is 12.1. The Balaban J connectivity index is 2.33. The monoisotopic (exact) mass is 240 g/mol. The van der Waals surface area contributed by atoms with Crippen molar-refractivity contribution in [3.05, 3.63) is 64.6 Å². The maximum absolute atomic E-state index is 10.6. The second-order valence-electron chi connectivity index (χ2n) is 3.70. The van der Waals surface area contributed by atoms with Crippen molar-refractivity contribution in [2.45, 2.75) is 6.61 Å². The van der Waals surface area contributed by atoms with E-state index in [2.05, 4.69) is 10.2 Å². The summed E-state index contributed by atoms with van der Waals surface area (Å²) in [6.45, 7) is -0.0684. The predicted molar refractivity (Wildman–Crippen MR) is 71.5 cm³/mol. The molecule has 18 heavy (non-hydrogen) atoms. The number of aliphatic hydroxyl groups excluding tert-OH is 1. The molecule has 0 aliphatic carbocycles. The number of benzene rings is 2. The van der Waals surface area contributed by atoms with Crippen LogP contribution in [0.15, 0.2) is 58.7 Å². The molecule has 4 heteroatoms. The van der Waals surface area contributed by atoms with E-state index in [1.807, 2.05) is 18.2 Å². The normalized spacial score (nSPS) is 10.7. The number of nitrogens with zero attached hydrogens (tertiary/aromatic N) is 2. The zero-order valence-corrected chi connectivity index (χ0v) is 9.65. The molecule has 90 valence electrons. The van der Waals surface area contributed by atoms with Crippen LogP contribution in [-0.4, -0.2) is 11.3 Å². The summed E-state index contributed by atoms with van der Waals surface area (Å²) in [6, 6.07) is 14.2. The average molecular weight is 240 g/mol. The Labute approximate surface area is 105 Å². The van der Waals surface area contributed by atoms with Crippen molar-refractivity contribution in [1.82, 2.24) is 0 Å². The Morgan fingerprint density at radius 2 is 1.67 bits per heavy atom. The van der Waals surface area contributed by atoms with E-state index in [1.165, 1.54) is 0 Å². The number of para-hydroxylation sites is 1. The molecule has 0 radical (unpaired) electrons. The molecule has 0 saturated carbocycles. The zero-order chi connectivity index (χ0) is 12.8. The average Bonchev–Trinajstić information content (AvgIpc) is 2.45. The molecule has 1 N–H and O–H groups in total. The molecule has 0 fully saturated rings. The number of rotatable bonds is 4. The first-order chi connectivity index (χ1) is 8.85. The number of aliphatic imine (C=N–C) groups is 1. The SMILES string of the molecule is O=Nc1ccccc1C=Nc1ccccc1CO. The van der Waals surface area contributed by atoms with Crippen LogP contribution >= 0.6 is 0 Å². The summed E-state index contributed by atoms with van der Waals surface area (Å²) in [5.74, 6) is 0. The fourth-order valence-electron chi connectivity index (χ4n) is 1.59. The Kier molecular flexibility index (Phi) is 3.94. The number of aliphatic hydroxyl groups is 1. The molecule has 0 heterocycles. The van der Waals surface area contributed by atoms with Crippen LogP contribution in [0.3, 0.4) is 0 Å². The summed E-state index contributed by atoms with van der Waals surface area (Å²) in [5.41, 5.74) is 2.42. The number of hydrogen-bond acceptors (Lipinski definition) is 4. The molecular formula is C14H12N2O2. The van der Waals surface area contributed by atoms with Crippen LogP contribution in [0.25, 0.3) is 0 Å². The van der Waals surface area contributed by atoms with Gasteiger partial charge in [-0.05, 0) is 17.3 Å². The molecule has 2 rings (SSSR count). The molecule has 0 atom stereocenters. The van der Waals surface area contributed by atoms with E-state index in [-0.39, 0.29) is 6.61 Å². The first-order valence-electron chi connectivity index (χ1n) is 5.50. The number of nitroso groups, excluding NO2 is 1. The lowest BCUT2D eigenvalue weighted by molar-refractivity contribution is 0.282. The van der Waals surface area contributed by atoms with Crippen molar-refractivity contribution < 1.29 is 5.11 Å². The van der Waals surface area contributed by atoms with E-state index < -0.39 is 0 Å². The lowest BCUT2D eigenvalue weighted by Crippen LogP contribution is -1.85. The van der Waals surface area contributed by atoms with Crippen molar-refractivity contribution in [1.29, 1.82) is 0 Å². The lowest BCUT2D eigenvalue weighted by atomic mass is 10.2. The molecule has 0 aliphatic rings. The number of hydrogen-bond donors (Lipinski definition) is 1. The molecule has 0 unspecified atom stereocenters. The van der Waals surface area contributed by atoms with E-state index in [9.17, 15) is 10.0 Å². The third kappa shape index (κ3) is 2.67. The maximum atomic E-state index is 10.6. The van der Waals surface area contributed by atoms with Crippen molar-refractivity contribution >= 4 is 17.6 Å². The van der Waals surface area contributed by atoms with Crippen molar-refractivity contribution in [3.8, 4) is 0 Å². The molecule has 0 saturated heterocycles. The Hall–Kier alpha value is -2.33. The van der Waals surface area contributed by atoms with Crippen molar-refractivity contribution in [2.24, 2.45) is 10.2 Å². The van der Waals surface area contributed by atoms with Crippen LogP contribution in [-0.2, 0) is 6.61 Å². The van der Waals surface area contributed by atoms with Gasteiger partial charge in [0.2, 0.25) is 0 Å². The second-order valence-corrected chi connectivity index (χ2v) is 3.70. The molecule has 2 aromatic rings. The summed E-state index contributed by atoms with van der Waals surface area (Å²) in [4.78, 5) is 14.9. The summed E-state index contributed by atoms with van der Waals surface area (Å²) >= 11 is 0. The van der Waals surface area contributed by atoms with Gasteiger partial charge in [-0.3, -0.25) is 4.99 Å². The minimum Gasteiger partial charge on any atom is -0.392 e. The topological polar surface area (TPSA) is 62.0 Å². The smallest absolute Gasteiger partial charge is 0.116 e. The predicted octanol–water partition coefficient (Wildman–Crippen LogP) is 3.33. The molecule has 0 aliphatic heterocycles. The van der Waals surface area contributed by atoms with Gasteiger partial charge in [0.15, 0.2) is 0 Å². The van der Waals surface area contributed by atoms with Gasteiger partial charge >= 0.3 is 0 Å². The van der Waals surface area contributed by atoms with Gasteiger partial charge in [-0.1, -0.05) is 36.4 Å². The lowest BCUT2D eigenvalue weighted by Gasteiger charge is -2.01. The summed E-state index contributed by atoms with van der Waals surface area (Å²) < 4.78 is 0. The standard InChI is InChI=1S/C14H12N2O2/c17-10-12-6-2-3-7-13(12)15-9-11-5-1-4-8-14(11)16-18/h1-9,17H,10H2. The highest BCUT2D eigenvalue weighted by atomic mass is 16.3. The zero-order valence-electron chi connectivity index (χ0n) is 9.65. The fourth-order valence-corrected chi connectivity index (χ4v) is 1.59. The van der Waals surface area contributed by atoms with E-state index in [0.29, 0.717) is 16.9 Å².